The Morgan fingerprint density at radius 3 is 2.08 bits per heavy atom. The number of likely N-dealkylation sites (N-methyl/N-ethyl adjacent to an activating group) is 1. The minimum atomic E-state index is -0.310. The molecule has 1 unspecified atom stereocenters. The van der Waals surface area contributed by atoms with Crippen LogP contribution in [0.25, 0.3) is 0 Å². The van der Waals surface area contributed by atoms with Crippen molar-refractivity contribution >= 4 is 0 Å². The standard InChI is InChI=1S/C11H23NO/c1-6-9-10(13)11(7-2,8-3)12(4)5/h6,10,13H,1,7-9H2,2-5H3. The molecule has 0 amide bonds. The summed E-state index contributed by atoms with van der Waals surface area (Å²) in [5.74, 6) is 0. The quantitative estimate of drug-likeness (QED) is 0.640. The fourth-order valence-electron chi connectivity index (χ4n) is 2.03. The Hall–Kier alpha value is -0.340. The Morgan fingerprint density at radius 2 is 1.85 bits per heavy atom. The summed E-state index contributed by atoms with van der Waals surface area (Å²) >= 11 is 0. The molecular weight excluding hydrogens is 162 g/mol. The molecule has 0 heterocycles. The third-order valence-corrected chi connectivity index (χ3v) is 3.13. The molecule has 0 saturated heterocycles. The molecule has 0 saturated carbocycles. The molecule has 2 nitrogen and oxygen atoms in total. The first-order valence-electron chi connectivity index (χ1n) is 5.01. The summed E-state index contributed by atoms with van der Waals surface area (Å²) in [6, 6.07) is 0. The van der Waals surface area contributed by atoms with Crippen molar-refractivity contribution in [2.75, 3.05) is 14.1 Å². The molecule has 0 radical (unpaired) electrons. The number of rotatable bonds is 6. The van der Waals surface area contributed by atoms with Gasteiger partial charge in [0.15, 0.2) is 0 Å². The molecule has 1 N–H and O–H groups in total. The van der Waals surface area contributed by atoms with Gasteiger partial charge in [0.25, 0.3) is 0 Å². The molecule has 0 aliphatic carbocycles. The minimum Gasteiger partial charge on any atom is -0.391 e. The molecule has 0 aromatic rings. The van der Waals surface area contributed by atoms with E-state index in [0.717, 1.165) is 12.8 Å². The number of nitrogens with zero attached hydrogens (tertiary/aromatic N) is 1. The highest BCUT2D eigenvalue weighted by Crippen LogP contribution is 2.27. The van der Waals surface area contributed by atoms with Crippen LogP contribution in [-0.2, 0) is 0 Å². The van der Waals surface area contributed by atoms with Gasteiger partial charge in [0, 0.05) is 5.54 Å². The van der Waals surface area contributed by atoms with Crippen LogP contribution < -0.4 is 0 Å². The maximum absolute atomic E-state index is 10.0. The molecule has 78 valence electrons. The van der Waals surface area contributed by atoms with Gasteiger partial charge in [-0.1, -0.05) is 19.9 Å². The smallest absolute Gasteiger partial charge is 0.0757 e. The monoisotopic (exact) mass is 185 g/mol. The molecular formula is C11H23NO. The highest BCUT2D eigenvalue weighted by molar-refractivity contribution is 4.95. The largest absolute Gasteiger partial charge is 0.391 e. The van der Waals surface area contributed by atoms with Crippen LogP contribution in [0.3, 0.4) is 0 Å². The van der Waals surface area contributed by atoms with Crippen molar-refractivity contribution in [1.29, 1.82) is 0 Å². The summed E-state index contributed by atoms with van der Waals surface area (Å²) < 4.78 is 0. The molecule has 0 fully saturated rings. The first-order valence-corrected chi connectivity index (χ1v) is 5.01. The van der Waals surface area contributed by atoms with Crippen molar-refractivity contribution in [2.24, 2.45) is 0 Å². The Labute approximate surface area is 82.3 Å². The predicted molar refractivity (Wildman–Crippen MR) is 57.8 cm³/mol. The summed E-state index contributed by atoms with van der Waals surface area (Å²) in [6.07, 6.45) is 4.07. The molecule has 0 spiro atoms. The van der Waals surface area contributed by atoms with Crippen LogP contribution in [0.2, 0.25) is 0 Å². The second kappa shape index (κ2) is 5.40. The van der Waals surface area contributed by atoms with E-state index < -0.39 is 0 Å². The zero-order valence-electron chi connectivity index (χ0n) is 9.38. The van der Waals surface area contributed by atoms with Crippen molar-refractivity contribution < 1.29 is 5.11 Å². The average Bonchev–Trinajstić information content (AvgIpc) is 2.07. The maximum atomic E-state index is 10.0. The van der Waals surface area contributed by atoms with Crippen LogP contribution in [-0.4, -0.2) is 35.7 Å². The van der Waals surface area contributed by atoms with Crippen molar-refractivity contribution in [3.8, 4) is 0 Å². The zero-order chi connectivity index (χ0) is 10.5. The van der Waals surface area contributed by atoms with Gasteiger partial charge in [-0.25, -0.2) is 0 Å². The Balaban J connectivity index is 4.63. The lowest BCUT2D eigenvalue weighted by atomic mass is 9.83. The molecule has 0 aliphatic heterocycles. The summed E-state index contributed by atoms with van der Waals surface area (Å²) in [5.41, 5.74) is -0.0891. The topological polar surface area (TPSA) is 23.5 Å². The summed E-state index contributed by atoms with van der Waals surface area (Å²) in [4.78, 5) is 2.13. The number of aliphatic hydroxyl groups is 1. The molecule has 0 aliphatic rings. The van der Waals surface area contributed by atoms with Gasteiger partial charge in [-0.3, -0.25) is 0 Å². The highest BCUT2D eigenvalue weighted by Gasteiger charge is 2.35. The number of aliphatic hydroxyl groups excluding tert-OH is 1. The second-order valence-electron chi connectivity index (χ2n) is 3.75. The van der Waals surface area contributed by atoms with Crippen LogP contribution in [0, 0.1) is 0 Å². The molecule has 0 bridgehead atoms. The first-order chi connectivity index (χ1) is 6.05. The lowest BCUT2D eigenvalue weighted by Crippen LogP contribution is -2.52. The summed E-state index contributed by atoms with van der Waals surface area (Å²) in [7, 11) is 4.05. The van der Waals surface area contributed by atoms with Crippen LogP contribution >= 0.6 is 0 Å². The SMILES string of the molecule is C=CCC(O)C(CC)(CC)N(C)C. The Bertz CT molecular complexity index is 150. The van der Waals surface area contributed by atoms with Crippen LogP contribution in [0.15, 0.2) is 12.7 Å². The zero-order valence-corrected chi connectivity index (χ0v) is 9.38. The van der Waals surface area contributed by atoms with Crippen molar-refractivity contribution in [2.45, 2.75) is 44.8 Å². The van der Waals surface area contributed by atoms with Crippen molar-refractivity contribution in [3.63, 3.8) is 0 Å². The van der Waals surface area contributed by atoms with E-state index >= 15 is 0 Å². The highest BCUT2D eigenvalue weighted by atomic mass is 16.3. The van der Waals surface area contributed by atoms with Crippen molar-refractivity contribution in [1.82, 2.24) is 4.90 Å². The van der Waals surface area contributed by atoms with Crippen molar-refractivity contribution in [3.05, 3.63) is 12.7 Å². The molecule has 13 heavy (non-hydrogen) atoms. The lowest BCUT2D eigenvalue weighted by molar-refractivity contribution is -0.0110. The Morgan fingerprint density at radius 1 is 1.38 bits per heavy atom. The van der Waals surface area contributed by atoms with Crippen LogP contribution in [0.5, 0.6) is 0 Å². The van der Waals surface area contributed by atoms with Gasteiger partial charge >= 0.3 is 0 Å². The second-order valence-corrected chi connectivity index (χ2v) is 3.75. The van der Waals surface area contributed by atoms with E-state index in [1.807, 2.05) is 14.1 Å². The van der Waals surface area contributed by atoms with E-state index in [2.05, 4.69) is 25.3 Å². The third kappa shape index (κ3) is 2.55. The van der Waals surface area contributed by atoms with E-state index in [1.54, 1.807) is 6.08 Å². The van der Waals surface area contributed by atoms with E-state index in [0.29, 0.717) is 6.42 Å². The predicted octanol–water partition coefficient (Wildman–Crippen LogP) is 2.04. The maximum Gasteiger partial charge on any atom is 0.0757 e. The van der Waals surface area contributed by atoms with Gasteiger partial charge < -0.3 is 10.0 Å². The van der Waals surface area contributed by atoms with Gasteiger partial charge in [-0.2, -0.15) is 0 Å². The normalized spacial score (nSPS) is 14.6. The third-order valence-electron chi connectivity index (χ3n) is 3.13. The molecule has 2 heteroatoms. The van der Waals surface area contributed by atoms with Gasteiger partial charge in [-0.05, 0) is 33.4 Å². The van der Waals surface area contributed by atoms with E-state index in [4.69, 9.17) is 0 Å². The van der Waals surface area contributed by atoms with Crippen LogP contribution in [0.4, 0.5) is 0 Å². The Kier molecular flexibility index (Phi) is 5.26. The van der Waals surface area contributed by atoms with E-state index in [1.165, 1.54) is 0 Å². The number of hydrogen-bond donors (Lipinski definition) is 1. The van der Waals surface area contributed by atoms with E-state index in [-0.39, 0.29) is 11.6 Å². The first kappa shape index (κ1) is 12.7. The van der Waals surface area contributed by atoms with E-state index in [9.17, 15) is 5.11 Å². The van der Waals surface area contributed by atoms with Gasteiger partial charge in [-0.15, -0.1) is 6.58 Å². The van der Waals surface area contributed by atoms with Gasteiger partial charge in [0.2, 0.25) is 0 Å². The molecule has 0 aromatic carbocycles. The fraction of sp³-hybridized carbons (Fsp3) is 0.818. The average molecular weight is 185 g/mol. The number of hydrogen-bond acceptors (Lipinski definition) is 2. The summed E-state index contributed by atoms with van der Waals surface area (Å²) in [6.45, 7) is 7.91. The molecule has 0 aromatic heterocycles. The van der Waals surface area contributed by atoms with Gasteiger partial charge in [0.05, 0.1) is 6.10 Å². The van der Waals surface area contributed by atoms with Crippen LogP contribution in [0.1, 0.15) is 33.1 Å². The summed E-state index contributed by atoms with van der Waals surface area (Å²) in [5, 5.41) is 10.0. The lowest BCUT2D eigenvalue weighted by Gasteiger charge is -2.42. The molecule has 0 rings (SSSR count). The van der Waals surface area contributed by atoms with Gasteiger partial charge in [0.1, 0.15) is 0 Å². The minimum absolute atomic E-state index is 0.0891. The molecule has 1 atom stereocenters. The fourth-order valence-corrected chi connectivity index (χ4v) is 2.03.